The van der Waals surface area contributed by atoms with Crippen LogP contribution in [0.3, 0.4) is 0 Å². The fraction of sp³-hybridized carbons (Fsp3) is 0.632. The fourth-order valence-electron chi connectivity index (χ4n) is 5.81. The van der Waals surface area contributed by atoms with Gasteiger partial charge in [-0.3, -0.25) is 4.79 Å². The van der Waals surface area contributed by atoms with Crippen molar-refractivity contribution in [2.75, 3.05) is 7.11 Å². The molecule has 6 atom stereocenters. The number of carbonyl (C=O) groups is 1. The van der Waals surface area contributed by atoms with Crippen molar-refractivity contribution in [3.05, 3.63) is 29.3 Å². The second kappa shape index (κ2) is 4.14. The van der Waals surface area contributed by atoms with E-state index < -0.39 is 0 Å². The summed E-state index contributed by atoms with van der Waals surface area (Å²) in [5, 5.41) is 0. The molecule has 0 aromatic heterocycles. The van der Waals surface area contributed by atoms with E-state index in [1.54, 1.807) is 7.11 Å². The van der Waals surface area contributed by atoms with E-state index in [1.165, 1.54) is 24.8 Å². The van der Waals surface area contributed by atoms with Gasteiger partial charge < -0.3 is 9.47 Å². The molecule has 3 nitrogen and oxygen atoms in total. The minimum Gasteiger partial charge on any atom is -0.497 e. The van der Waals surface area contributed by atoms with Crippen molar-refractivity contribution in [2.24, 2.45) is 17.3 Å². The Kier molecular flexibility index (Phi) is 2.47. The summed E-state index contributed by atoms with van der Waals surface area (Å²) in [6, 6.07) is 6.09. The standard InChI is InChI=1S/C19H22O3/c1-19-6-5-12-11-4-3-10(21-2)7-14(11)16(20)8-13(12)15(19)9-17-18(19)22-17/h3-4,7,12-13,15,17-18H,5-6,8-9H2,1-2H3/t12-,13-,15+,17-,18-,19+/m1/s1. The molecule has 0 amide bonds. The lowest BCUT2D eigenvalue weighted by molar-refractivity contribution is 0.00568. The summed E-state index contributed by atoms with van der Waals surface area (Å²) < 4.78 is 11.1. The van der Waals surface area contributed by atoms with E-state index in [1.807, 2.05) is 12.1 Å². The number of benzene rings is 1. The highest BCUT2D eigenvalue weighted by atomic mass is 16.6. The van der Waals surface area contributed by atoms with Crippen molar-refractivity contribution in [3.63, 3.8) is 0 Å². The van der Waals surface area contributed by atoms with Crippen LogP contribution in [-0.4, -0.2) is 25.1 Å². The number of fused-ring (bicyclic) bond motifs is 7. The van der Waals surface area contributed by atoms with E-state index in [4.69, 9.17) is 9.47 Å². The molecule has 0 bridgehead atoms. The molecule has 0 unspecified atom stereocenters. The SMILES string of the molecule is COc1ccc2c(c1)C(=O)C[C@@H]1[C@@H]2CC[C@]2(C)[C@@H]3O[C@@H]3C[C@@H]12. The molecule has 116 valence electrons. The first-order chi connectivity index (χ1) is 10.6. The van der Waals surface area contributed by atoms with Crippen LogP contribution in [0.4, 0.5) is 0 Å². The molecule has 5 rings (SSSR count). The van der Waals surface area contributed by atoms with E-state index in [0.717, 1.165) is 11.3 Å². The first-order valence-corrected chi connectivity index (χ1v) is 8.48. The molecule has 1 aliphatic heterocycles. The number of ether oxygens (including phenoxy) is 2. The zero-order valence-corrected chi connectivity index (χ0v) is 13.2. The number of hydrogen-bond acceptors (Lipinski definition) is 3. The summed E-state index contributed by atoms with van der Waals surface area (Å²) in [6.07, 6.45) is 5.27. The second-order valence-electron chi connectivity index (χ2n) is 7.83. The van der Waals surface area contributed by atoms with E-state index in [0.29, 0.717) is 47.6 Å². The molecule has 3 fully saturated rings. The highest BCUT2D eigenvalue weighted by Gasteiger charge is 2.66. The Morgan fingerprint density at radius 1 is 1.36 bits per heavy atom. The molecule has 22 heavy (non-hydrogen) atoms. The van der Waals surface area contributed by atoms with Crippen LogP contribution in [0, 0.1) is 17.3 Å². The summed E-state index contributed by atoms with van der Waals surface area (Å²) >= 11 is 0. The number of Topliss-reactive ketones (excluding diaryl/α,β-unsaturated/α-hetero) is 1. The maximum atomic E-state index is 12.7. The summed E-state index contributed by atoms with van der Waals surface area (Å²) in [4.78, 5) is 12.7. The van der Waals surface area contributed by atoms with Crippen LogP contribution in [0.25, 0.3) is 0 Å². The Morgan fingerprint density at radius 2 is 2.23 bits per heavy atom. The maximum Gasteiger partial charge on any atom is 0.163 e. The van der Waals surface area contributed by atoms with Gasteiger partial charge in [-0.25, -0.2) is 0 Å². The summed E-state index contributed by atoms with van der Waals surface area (Å²) in [5.74, 6) is 2.83. The third-order valence-electron chi connectivity index (χ3n) is 6.97. The lowest BCUT2D eigenvalue weighted by Crippen LogP contribution is -2.44. The highest BCUT2D eigenvalue weighted by Crippen LogP contribution is 2.66. The molecule has 2 saturated carbocycles. The lowest BCUT2D eigenvalue weighted by Gasteiger charge is -2.49. The second-order valence-corrected chi connectivity index (χ2v) is 7.83. The molecule has 1 aromatic carbocycles. The van der Waals surface area contributed by atoms with Gasteiger partial charge in [0.25, 0.3) is 0 Å². The van der Waals surface area contributed by atoms with Gasteiger partial charge >= 0.3 is 0 Å². The third kappa shape index (κ3) is 1.53. The highest BCUT2D eigenvalue weighted by molar-refractivity contribution is 5.99. The molecule has 1 saturated heterocycles. The number of carbonyl (C=O) groups excluding carboxylic acids is 1. The predicted molar refractivity (Wildman–Crippen MR) is 82.3 cm³/mol. The van der Waals surface area contributed by atoms with Gasteiger partial charge in [0.05, 0.1) is 19.3 Å². The molecule has 3 aliphatic carbocycles. The number of ketones is 1. The molecular formula is C19H22O3. The van der Waals surface area contributed by atoms with Gasteiger partial charge in [-0.1, -0.05) is 13.0 Å². The van der Waals surface area contributed by atoms with E-state index in [2.05, 4.69) is 13.0 Å². The Bertz CT molecular complexity index is 667. The van der Waals surface area contributed by atoms with Crippen molar-refractivity contribution in [2.45, 2.75) is 50.7 Å². The predicted octanol–water partition coefficient (Wildman–Crippen LogP) is 3.57. The van der Waals surface area contributed by atoms with Crippen LogP contribution in [0.1, 0.15) is 54.4 Å². The normalized spacial score (nSPS) is 44.6. The van der Waals surface area contributed by atoms with Gasteiger partial charge in [-0.2, -0.15) is 0 Å². The summed E-state index contributed by atoms with van der Waals surface area (Å²) in [6.45, 7) is 2.40. The Morgan fingerprint density at radius 3 is 3.05 bits per heavy atom. The molecule has 3 heteroatoms. The molecule has 4 aliphatic rings. The number of rotatable bonds is 1. The van der Waals surface area contributed by atoms with Crippen LogP contribution < -0.4 is 4.74 Å². The van der Waals surface area contributed by atoms with Gasteiger partial charge in [0.15, 0.2) is 5.78 Å². The van der Waals surface area contributed by atoms with Gasteiger partial charge in [0, 0.05) is 12.0 Å². The van der Waals surface area contributed by atoms with Gasteiger partial charge in [-0.15, -0.1) is 0 Å². The van der Waals surface area contributed by atoms with Crippen LogP contribution in [0.5, 0.6) is 5.75 Å². The van der Waals surface area contributed by atoms with Crippen molar-refractivity contribution < 1.29 is 14.3 Å². The molecular weight excluding hydrogens is 276 g/mol. The Hall–Kier alpha value is -1.35. The molecule has 1 heterocycles. The first kappa shape index (κ1) is 13.1. The van der Waals surface area contributed by atoms with Crippen LogP contribution >= 0.6 is 0 Å². The number of hydrogen-bond donors (Lipinski definition) is 0. The van der Waals surface area contributed by atoms with Crippen LogP contribution in [-0.2, 0) is 4.74 Å². The summed E-state index contributed by atoms with van der Waals surface area (Å²) in [7, 11) is 1.66. The minimum atomic E-state index is 0.306. The monoisotopic (exact) mass is 298 g/mol. The molecule has 0 N–H and O–H groups in total. The topological polar surface area (TPSA) is 38.8 Å². The van der Waals surface area contributed by atoms with E-state index >= 15 is 0 Å². The number of methoxy groups -OCH3 is 1. The first-order valence-electron chi connectivity index (χ1n) is 8.48. The largest absolute Gasteiger partial charge is 0.497 e. The van der Waals surface area contributed by atoms with Crippen molar-refractivity contribution in [1.29, 1.82) is 0 Å². The zero-order chi connectivity index (χ0) is 15.1. The zero-order valence-electron chi connectivity index (χ0n) is 13.2. The quantitative estimate of drug-likeness (QED) is 0.744. The molecule has 1 aromatic rings. The third-order valence-corrected chi connectivity index (χ3v) is 6.97. The lowest BCUT2D eigenvalue weighted by atomic mass is 9.55. The Balaban J connectivity index is 1.56. The van der Waals surface area contributed by atoms with E-state index in [-0.39, 0.29) is 0 Å². The van der Waals surface area contributed by atoms with E-state index in [9.17, 15) is 4.79 Å². The van der Waals surface area contributed by atoms with Gasteiger partial charge in [0.2, 0.25) is 0 Å². The minimum absolute atomic E-state index is 0.306. The van der Waals surface area contributed by atoms with Gasteiger partial charge in [0.1, 0.15) is 5.75 Å². The average Bonchev–Trinajstić information content (AvgIpc) is 3.25. The van der Waals surface area contributed by atoms with Gasteiger partial charge in [-0.05, 0) is 60.1 Å². The molecule has 0 spiro atoms. The molecule has 0 radical (unpaired) electrons. The Labute approximate surface area is 131 Å². The van der Waals surface area contributed by atoms with Crippen molar-refractivity contribution >= 4 is 5.78 Å². The summed E-state index contributed by atoms with van der Waals surface area (Å²) in [5.41, 5.74) is 2.49. The van der Waals surface area contributed by atoms with Crippen molar-refractivity contribution in [1.82, 2.24) is 0 Å². The smallest absolute Gasteiger partial charge is 0.163 e. The average molecular weight is 298 g/mol. The van der Waals surface area contributed by atoms with Crippen LogP contribution in [0.15, 0.2) is 18.2 Å². The fourth-order valence-corrected chi connectivity index (χ4v) is 5.81. The maximum absolute atomic E-state index is 12.7. The van der Waals surface area contributed by atoms with Crippen LogP contribution in [0.2, 0.25) is 0 Å². The van der Waals surface area contributed by atoms with Crippen molar-refractivity contribution in [3.8, 4) is 5.75 Å². The number of epoxide rings is 1.